The van der Waals surface area contributed by atoms with Crippen LogP contribution in [0.4, 0.5) is 0 Å². The minimum Gasteiger partial charge on any atom is -0.453 e. The molecule has 0 saturated heterocycles. The molecule has 0 radical (unpaired) electrons. The fourth-order valence-electron chi connectivity index (χ4n) is 1.71. The zero-order valence-corrected chi connectivity index (χ0v) is 12.9. The molecule has 0 amide bonds. The number of phosphoric ester groups is 1. The van der Waals surface area contributed by atoms with E-state index < -0.39 is 19.4 Å². The normalized spacial score (nSPS) is 12.9. The van der Waals surface area contributed by atoms with Gasteiger partial charge in [0.25, 0.3) is 0 Å². The summed E-state index contributed by atoms with van der Waals surface area (Å²) in [6.07, 6.45) is 0. The SMILES string of the molecule is C=C(C)C(=O)OC(COP(=O)(O)O)(C(C)C)C(C)C. The van der Waals surface area contributed by atoms with Crippen LogP contribution in [0.15, 0.2) is 12.2 Å². The molecule has 19 heavy (non-hydrogen) atoms. The molecule has 6 nitrogen and oxygen atoms in total. The Kier molecular flexibility index (Phi) is 6.42. The first-order chi connectivity index (χ1) is 8.42. The van der Waals surface area contributed by atoms with Gasteiger partial charge in [0.05, 0.1) is 6.61 Å². The molecule has 0 aliphatic heterocycles. The Hall–Kier alpha value is -0.680. The summed E-state index contributed by atoms with van der Waals surface area (Å²) in [7, 11) is -4.62. The summed E-state index contributed by atoms with van der Waals surface area (Å²) in [5.74, 6) is -0.957. The van der Waals surface area contributed by atoms with E-state index in [1.165, 1.54) is 6.92 Å². The Balaban J connectivity index is 5.26. The number of rotatable bonds is 7. The van der Waals surface area contributed by atoms with Crippen molar-refractivity contribution in [2.75, 3.05) is 6.61 Å². The van der Waals surface area contributed by atoms with Crippen LogP contribution in [-0.2, 0) is 18.6 Å². The van der Waals surface area contributed by atoms with Gasteiger partial charge in [-0.3, -0.25) is 4.52 Å². The Morgan fingerprint density at radius 2 is 1.68 bits per heavy atom. The van der Waals surface area contributed by atoms with Crippen LogP contribution in [0.2, 0.25) is 0 Å². The number of hydrogen-bond donors (Lipinski definition) is 2. The molecule has 0 heterocycles. The third kappa shape index (κ3) is 5.45. The first-order valence-corrected chi connectivity index (χ1v) is 7.54. The van der Waals surface area contributed by atoms with E-state index in [-0.39, 0.29) is 24.0 Å². The van der Waals surface area contributed by atoms with Gasteiger partial charge in [-0.1, -0.05) is 34.3 Å². The van der Waals surface area contributed by atoms with Gasteiger partial charge in [0.1, 0.15) is 5.60 Å². The summed E-state index contributed by atoms with van der Waals surface area (Å²) < 4.78 is 20.8. The van der Waals surface area contributed by atoms with Crippen molar-refractivity contribution in [3.63, 3.8) is 0 Å². The van der Waals surface area contributed by atoms with Crippen LogP contribution in [0.1, 0.15) is 34.6 Å². The maximum absolute atomic E-state index is 11.7. The number of carbonyl (C=O) groups excluding carboxylic acids is 1. The second kappa shape index (κ2) is 6.66. The Bertz CT molecular complexity index is 374. The third-order valence-electron chi connectivity index (χ3n) is 3.04. The van der Waals surface area contributed by atoms with E-state index in [9.17, 15) is 9.36 Å². The largest absolute Gasteiger partial charge is 0.469 e. The van der Waals surface area contributed by atoms with Gasteiger partial charge in [-0.2, -0.15) is 0 Å². The van der Waals surface area contributed by atoms with Gasteiger partial charge < -0.3 is 14.5 Å². The summed E-state index contributed by atoms with van der Waals surface area (Å²) >= 11 is 0. The lowest BCUT2D eigenvalue weighted by molar-refractivity contribution is -0.173. The third-order valence-corrected chi connectivity index (χ3v) is 3.51. The van der Waals surface area contributed by atoms with Crippen LogP contribution >= 0.6 is 7.82 Å². The summed E-state index contributed by atoms with van der Waals surface area (Å²) in [4.78, 5) is 29.4. The predicted octanol–water partition coefficient (Wildman–Crippen LogP) is 2.27. The van der Waals surface area contributed by atoms with Crippen molar-refractivity contribution in [1.82, 2.24) is 0 Å². The standard InChI is InChI=1S/C12H23O6P/c1-8(2)11(13)18-12(9(3)4,10(5)6)7-17-19(14,15)16/h9-10H,1,7H2,2-6H3,(H2,14,15,16). The molecular formula is C12H23O6P. The van der Waals surface area contributed by atoms with Crippen LogP contribution in [0.5, 0.6) is 0 Å². The van der Waals surface area contributed by atoms with E-state index in [1.54, 1.807) is 27.7 Å². The molecule has 112 valence electrons. The van der Waals surface area contributed by atoms with Crippen molar-refractivity contribution in [2.24, 2.45) is 11.8 Å². The molecular weight excluding hydrogens is 271 g/mol. The van der Waals surface area contributed by atoms with Crippen molar-refractivity contribution >= 4 is 13.8 Å². The van der Waals surface area contributed by atoms with Gasteiger partial charge in [0.15, 0.2) is 0 Å². The highest BCUT2D eigenvalue weighted by Gasteiger charge is 2.43. The van der Waals surface area contributed by atoms with Crippen LogP contribution in [0, 0.1) is 11.8 Å². The van der Waals surface area contributed by atoms with Crippen LogP contribution in [0.3, 0.4) is 0 Å². The van der Waals surface area contributed by atoms with Crippen molar-refractivity contribution in [3.05, 3.63) is 12.2 Å². The monoisotopic (exact) mass is 294 g/mol. The van der Waals surface area contributed by atoms with Crippen molar-refractivity contribution in [3.8, 4) is 0 Å². The molecule has 0 spiro atoms. The highest BCUT2D eigenvalue weighted by Crippen LogP contribution is 2.41. The summed E-state index contributed by atoms with van der Waals surface area (Å²) in [6.45, 7) is 11.8. The number of esters is 1. The average molecular weight is 294 g/mol. The van der Waals surface area contributed by atoms with Crippen LogP contribution in [0.25, 0.3) is 0 Å². The fraction of sp³-hybridized carbons (Fsp3) is 0.750. The van der Waals surface area contributed by atoms with Crippen molar-refractivity contribution in [2.45, 2.75) is 40.2 Å². The van der Waals surface area contributed by atoms with E-state index in [2.05, 4.69) is 11.1 Å². The quantitative estimate of drug-likeness (QED) is 0.425. The smallest absolute Gasteiger partial charge is 0.453 e. The molecule has 0 aliphatic carbocycles. The maximum Gasteiger partial charge on any atom is 0.469 e. The van der Waals surface area contributed by atoms with E-state index in [0.29, 0.717) is 0 Å². The highest BCUT2D eigenvalue weighted by atomic mass is 31.2. The maximum atomic E-state index is 11.7. The molecule has 0 aromatic heterocycles. The first-order valence-electron chi connectivity index (χ1n) is 6.01. The van der Waals surface area contributed by atoms with E-state index in [0.717, 1.165) is 0 Å². The van der Waals surface area contributed by atoms with E-state index >= 15 is 0 Å². The topological polar surface area (TPSA) is 93.1 Å². The summed E-state index contributed by atoms with van der Waals surface area (Å²) in [6, 6.07) is 0. The number of carbonyl (C=O) groups is 1. The molecule has 0 aromatic carbocycles. The number of ether oxygens (including phenoxy) is 1. The lowest BCUT2D eigenvalue weighted by Crippen LogP contribution is -2.49. The fourth-order valence-corrected chi connectivity index (χ4v) is 2.08. The second-order valence-corrected chi connectivity index (χ2v) is 6.44. The molecule has 7 heteroatoms. The zero-order valence-electron chi connectivity index (χ0n) is 12.0. The number of hydrogen-bond acceptors (Lipinski definition) is 4. The van der Waals surface area contributed by atoms with Crippen LogP contribution in [-0.4, -0.2) is 28.0 Å². The molecule has 0 bridgehead atoms. The molecule has 0 atom stereocenters. The highest BCUT2D eigenvalue weighted by molar-refractivity contribution is 7.46. The molecule has 0 saturated carbocycles. The minimum absolute atomic E-state index is 0.178. The molecule has 0 aromatic rings. The Labute approximate surface area is 114 Å². The molecule has 0 rings (SSSR count). The van der Waals surface area contributed by atoms with Gasteiger partial charge >= 0.3 is 13.8 Å². The van der Waals surface area contributed by atoms with Crippen molar-refractivity contribution < 1.29 is 28.4 Å². The zero-order chi connectivity index (χ0) is 15.4. The average Bonchev–Trinajstić information content (AvgIpc) is 2.21. The molecule has 0 unspecified atom stereocenters. The van der Waals surface area contributed by atoms with Gasteiger partial charge in [-0.05, 0) is 18.8 Å². The summed E-state index contributed by atoms with van der Waals surface area (Å²) in [5.41, 5.74) is -0.890. The minimum atomic E-state index is -4.62. The molecule has 2 N–H and O–H groups in total. The lowest BCUT2D eigenvalue weighted by Gasteiger charge is -2.40. The predicted molar refractivity (Wildman–Crippen MR) is 71.3 cm³/mol. The Morgan fingerprint density at radius 3 is 1.95 bits per heavy atom. The lowest BCUT2D eigenvalue weighted by atomic mass is 9.80. The Morgan fingerprint density at radius 1 is 1.26 bits per heavy atom. The molecule has 0 fully saturated rings. The first kappa shape index (κ1) is 18.3. The second-order valence-electron chi connectivity index (χ2n) is 5.20. The van der Waals surface area contributed by atoms with Gasteiger partial charge in [0.2, 0.25) is 0 Å². The van der Waals surface area contributed by atoms with E-state index in [4.69, 9.17) is 14.5 Å². The van der Waals surface area contributed by atoms with Crippen LogP contribution < -0.4 is 0 Å². The van der Waals surface area contributed by atoms with Crippen molar-refractivity contribution in [1.29, 1.82) is 0 Å². The van der Waals surface area contributed by atoms with E-state index in [1.807, 2.05) is 0 Å². The summed E-state index contributed by atoms with van der Waals surface area (Å²) in [5, 5.41) is 0. The van der Waals surface area contributed by atoms with Gasteiger partial charge in [-0.15, -0.1) is 0 Å². The number of phosphoric acid groups is 1. The van der Waals surface area contributed by atoms with Gasteiger partial charge in [-0.25, -0.2) is 9.36 Å². The van der Waals surface area contributed by atoms with Gasteiger partial charge in [0, 0.05) is 5.57 Å². The molecule has 0 aliphatic rings.